The van der Waals surface area contributed by atoms with Crippen LogP contribution >= 0.6 is 27.5 Å². The third-order valence-corrected chi connectivity index (χ3v) is 3.50. The molecule has 3 aromatic rings. The predicted octanol–water partition coefficient (Wildman–Crippen LogP) is 3.31. The van der Waals surface area contributed by atoms with E-state index in [4.69, 9.17) is 11.6 Å². The Morgan fingerprint density at radius 3 is 2.95 bits per heavy atom. The van der Waals surface area contributed by atoms with Gasteiger partial charge in [-0.25, -0.2) is 14.8 Å². The number of fused-ring (bicyclic) bond motifs is 3. The summed E-state index contributed by atoms with van der Waals surface area (Å²) in [6, 6.07) is 5.70. The standard InChI is InChI=1S/C12H7BrClN3O2/c1-19-12(18)11-16-8-6-4-5(13)2-3-7(6)15-9(8)10(14)17-11/h2-4,15H,1H3. The molecule has 0 unspecified atom stereocenters. The first-order chi connectivity index (χ1) is 9.10. The van der Waals surface area contributed by atoms with Gasteiger partial charge in [0.2, 0.25) is 5.82 Å². The van der Waals surface area contributed by atoms with Gasteiger partial charge in [0, 0.05) is 15.4 Å². The van der Waals surface area contributed by atoms with Gasteiger partial charge < -0.3 is 9.72 Å². The molecule has 1 N–H and O–H groups in total. The fraction of sp³-hybridized carbons (Fsp3) is 0.0833. The summed E-state index contributed by atoms with van der Waals surface area (Å²) in [7, 11) is 1.27. The molecule has 0 amide bonds. The molecule has 1 aromatic carbocycles. The maximum atomic E-state index is 11.5. The van der Waals surface area contributed by atoms with Crippen LogP contribution in [0.3, 0.4) is 0 Å². The number of carbonyl (C=O) groups is 1. The van der Waals surface area contributed by atoms with E-state index in [1.54, 1.807) is 0 Å². The summed E-state index contributed by atoms with van der Waals surface area (Å²) in [6.45, 7) is 0. The lowest BCUT2D eigenvalue weighted by atomic mass is 10.2. The highest BCUT2D eigenvalue weighted by Gasteiger charge is 2.16. The zero-order chi connectivity index (χ0) is 13.6. The molecule has 0 atom stereocenters. The largest absolute Gasteiger partial charge is 0.463 e. The van der Waals surface area contributed by atoms with Crippen LogP contribution in [0.2, 0.25) is 5.15 Å². The number of halogens is 2. The summed E-state index contributed by atoms with van der Waals surface area (Å²) in [5.74, 6) is -0.672. The van der Waals surface area contributed by atoms with Crippen molar-refractivity contribution in [2.45, 2.75) is 0 Å². The van der Waals surface area contributed by atoms with Crippen molar-refractivity contribution < 1.29 is 9.53 Å². The molecule has 0 aliphatic heterocycles. The molecule has 96 valence electrons. The monoisotopic (exact) mass is 339 g/mol. The van der Waals surface area contributed by atoms with E-state index in [0.717, 1.165) is 15.4 Å². The molecule has 0 bridgehead atoms. The molecule has 0 aliphatic carbocycles. The van der Waals surface area contributed by atoms with Crippen molar-refractivity contribution in [3.8, 4) is 0 Å². The molecular weight excluding hydrogens is 334 g/mol. The molecule has 0 radical (unpaired) electrons. The van der Waals surface area contributed by atoms with Crippen LogP contribution in [-0.4, -0.2) is 28.0 Å². The van der Waals surface area contributed by atoms with Crippen molar-refractivity contribution in [1.29, 1.82) is 0 Å². The van der Waals surface area contributed by atoms with Crippen molar-refractivity contribution >= 4 is 55.4 Å². The van der Waals surface area contributed by atoms with Crippen LogP contribution in [0.1, 0.15) is 10.6 Å². The number of ether oxygens (including phenoxy) is 1. The number of esters is 1. The molecule has 5 nitrogen and oxygen atoms in total. The summed E-state index contributed by atoms with van der Waals surface area (Å²) in [5, 5.41) is 1.05. The van der Waals surface area contributed by atoms with Crippen molar-refractivity contribution in [2.24, 2.45) is 0 Å². The van der Waals surface area contributed by atoms with Gasteiger partial charge in [-0.2, -0.15) is 0 Å². The van der Waals surface area contributed by atoms with E-state index in [-0.39, 0.29) is 11.0 Å². The zero-order valence-corrected chi connectivity index (χ0v) is 12.0. The smallest absolute Gasteiger partial charge is 0.376 e. The van der Waals surface area contributed by atoms with E-state index in [1.165, 1.54) is 7.11 Å². The molecule has 0 saturated carbocycles. The number of aromatic nitrogens is 3. The van der Waals surface area contributed by atoms with Crippen LogP contribution < -0.4 is 0 Å². The molecule has 19 heavy (non-hydrogen) atoms. The molecule has 2 heterocycles. The van der Waals surface area contributed by atoms with Gasteiger partial charge in [-0.05, 0) is 18.2 Å². The average molecular weight is 341 g/mol. The van der Waals surface area contributed by atoms with Gasteiger partial charge in [0.1, 0.15) is 11.0 Å². The highest BCUT2D eigenvalue weighted by Crippen LogP contribution is 2.29. The highest BCUT2D eigenvalue weighted by atomic mass is 79.9. The van der Waals surface area contributed by atoms with Crippen molar-refractivity contribution in [3.63, 3.8) is 0 Å². The number of H-pyrrole nitrogens is 1. The predicted molar refractivity (Wildman–Crippen MR) is 75.4 cm³/mol. The average Bonchev–Trinajstić information content (AvgIpc) is 2.76. The third kappa shape index (κ3) is 1.97. The molecule has 3 rings (SSSR count). The van der Waals surface area contributed by atoms with E-state index in [0.29, 0.717) is 11.0 Å². The fourth-order valence-electron chi connectivity index (χ4n) is 1.88. The number of rotatable bonds is 1. The van der Waals surface area contributed by atoms with Gasteiger partial charge in [0.15, 0.2) is 5.15 Å². The Morgan fingerprint density at radius 1 is 1.42 bits per heavy atom. The van der Waals surface area contributed by atoms with E-state index >= 15 is 0 Å². The number of methoxy groups -OCH3 is 1. The zero-order valence-electron chi connectivity index (χ0n) is 9.70. The Kier molecular flexibility index (Phi) is 2.91. The van der Waals surface area contributed by atoms with Gasteiger partial charge in [0.05, 0.1) is 7.11 Å². The Bertz CT molecular complexity index is 815. The van der Waals surface area contributed by atoms with Crippen LogP contribution in [-0.2, 0) is 4.74 Å². The second-order valence-electron chi connectivity index (χ2n) is 3.87. The van der Waals surface area contributed by atoms with E-state index in [1.807, 2.05) is 18.2 Å². The van der Waals surface area contributed by atoms with Crippen molar-refractivity contribution in [1.82, 2.24) is 15.0 Å². The van der Waals surface area contributed by atoms with Gasteiger partial charge in [-0.3, -0.25) is 0 Å². The first kappa shape index (κ1) is 12.4. The molecule has 2 aromatic heterocycles. The van der Waals surface area contributed by atoms with Crippen molar-refractivity contribution in [2.75, 3.05) is 7.11 Å². The van der Waals surface area contributed by atoms with Crippen LogP contribution in [0.25, 0.3) is 21.9 Å². The normalized spacial score (nSPS) is 11.1. The van der Waals surface area contributed by atoms with Crippen LogP contribution in [0.5, 0.6) is 0 Å². The SMILES string of the molecule is COC(=O)c1nc(Cl)c2[nH]c3ccc(Br)cc3c2n1. The summed E-state index contributed by atoms with van der Waals surface area (Å²) >= 11 is 9.47. The van der Waals surface area contributed by atoms with Crippen LogP contribution in [0.15, 0.2) is 22.7 Å². The molecular formula is C12H7BrClN3O2. The summed E-state index contributed by atoms with van der Waals surface area (Å²) < 4.78 is 5.52. The lowest BCUT2D eigenvalue weighted by molar-refractivity contribution is 0.0587. The Hall–Kier alpha value is -1.66. The number of hydrogen-bond acceptors (Lipinski definition) is 4. The van der Waals surface area contributed by atoms with E-state index in [2.05, 4.69) is 35.6 Å². The fourth-order valence-corrected chi connectivity index (χ4v) is 2.46. The third-order valence-electron chi connectivity index (χ3n) is 2.73. The summed E-state index contributed by atoms with van der Waals surface area (Å²) in [5.41, 5.74) is 2.07. The summed E-state index contributed by atoms with van der Waals surface area (Å²) in [6.07, 6.45) is 0. The molecule has 0 aliphatic rings. The number of hydrogen-bond donors (Lipinski definition) is 1. The molecule has 0 saturated heterocycles. The maximum absolute atomic E-state index is 11.5. The first-order valence-electron chi connectivity index (χ1n) is 5.33. The second kappa shape index (κ2) is 4.47. The first-order valence-corrected chi connectivity index (χ1v) is 6.50. The summed E-state index contributed by atoms with van der Waals surface area (Å²) in [4.78, 5) is 22.8. The molecule has 7 heteroatoms. The number of benzene rings is 1. The Morgan fingerprint density at radius 2 is 2.21 bits per heavy atom. The van der Waals surface area contributed by atoms with E-state index < -0.39 is 5.97 Å². The van der Waals surface area contributed by atoms with Gasteiger partial charge in [-0.1, -0.05) is 27.5 Å². The highest BCUT2D eigenvalue weighted by molar-refractivity contribution is 9.10. The minimum atomic E-state index is -0.617. The Labute approximate surface area is 121 Å². The minimum Gasteiger partial charge on any atom is -0.463 e. The number of aromatic amines is 1. The molecule has 0 spiro atoms. The Balaban J connectivity index is 2.41. The topological polar surface area (TPSA) is 67.9 Å². The lowest BCUT2D eigenvalue weighted by Crippen LogP contribution is -2.07. The van der Waals surface area contributed by atoms with Crippen molar-refractivity contribution in [3.05, 3.63) is 33.6 Å². The van der Waals surface area contributed by atoms with Gasteiger partial charge in [0.25, 0.3) is 0 Å². The quantitative estimate of drug-likeness (QED) is 0.545. The minimum absolute atomic E-state index is 0.0547. The van der Waals surface area contributed by atoms with Gasteiger partial charge in [-0.15, -0.1) is 0 Å². The lowest BCUT2D eigenvalue weighted by Gasteiger charge is -1.99. The van der Waals surface area contributed by atoms with Gasteiger partial charge >= 0.3 is 5.97 Å². The second-order valence-corrected chi connectivity index (χ2v) is 5.14. The number of nitrogens with zero attached hydrogens (tertiary/aromatic N) is 2. The maximum Gasteiger partial charge on any atom is 0.376 e. The number of nitrogens with one attached hydrogen (secondary N) is 1. The van der Waals surface area contributed by atoms with E-state index in [9.17, 15) is 4.79 Å². The van der Waals surface area contributed by atoms with Crippen LogP contribution in [0.4, 0.5) is 0 Å². The number of carbonyl (C=O) groups excluding carboxylic acids is 1. The van der Waals surface area contributed by atoms with Crippen LogP contribution in [0, 0.1) is 0 Å². The molecule has 0 fully saturated rings.